The molecule has 1 aromatic heterocycles. The van der Waals surface area contributed by atoms with Crippen LogP contribution >= 0.6 is 15.9 Å². The molecule has 1 aliphatic heterocycles. The molecule has 0 spiro atoms. The van der Waals surface area contributed by atoms with E-state index < -0.39 is 0 Å². The normalized spacial score (nSPS) is 14.3. The molecule has 1 aliphatic rings. The minimum Gasteiger partial charge on any atom is -0.478 e. The predicted molar refractivity (Wildman–Crippen MR) is 108 cm³/mol. The number of nitrogens with zero attached hydrogens (tertiary/aromatic N) is 1. The lowest BCUT2D eigenvalue weighted by molar-refractivity contribution is 0.0689. The van der Waals surface area contributed by atoms with Gasteiger partial charge in [-0.15, -0.1) is 0 Å². The first kappa shape index (κ1) is 18.1. The number of hydrogen-bond acceptors (Lipinski definition) is 5. The molecule has 0 N–H and O–H groups in total. The van der Waals surface area contributed by atoms with Gasteiger partial charge in [0.1, 0.15) is 29.6 Å². The molecule has 2 aromatic carbocycles. The monoisotopic (exact) mass is 429 g/mol. The third kappa shape index (κ3) is 3.24. The molecule has 140 valence electrons. The Labute approximate surface area is 165 Å². The molecule has 0 saturated carbocycles. The van der Waals surface area contributed by atoms with Crippen molar-refractivity contribution in [2.24, 2.45) is 0 Å². The van der Waals surface area contributed by atoms with Crippen LogP contribution in [-0.4, -0.2) is 17.7 Å². The Balaban J connectivity index is 1.84. The maximum absolute atomic E-state index is 13.1. The summed E-state index contributed by atoms with van der Waals surface area (Å²) in [5, 5.41) is 0.496. The van der Waals surface area contributed by atoms with Crippen molar-refractivity contribution in [3.63, 3.8) is 0 Å². The van der Waals surface area contributed by atoms with Crippen LogP contribution in [0.1, 0.15) is 25.2 Å². The first-order chi connectivity index (χ1) is 13.0. The first-order valence-electron chi connectivity index (χ1n) is 8.84. The van der Waals surface area contributed by atoms with E-state index in [1.807, 2.05) is 24.3 Å². The van der Waals surface area contributed by atoms with Gasteiger partial charge in [0.05, 0.1) is 15.4 Å². The molecule has 2 heterocycles. The maximum Gasteiger partial charge on any atom is 0.235 e. The fourth-order valence-corrected chi connectivity index (χ4v) is 3.53. The molecule has 0 aliphatic carbocycles. The number of hydrogen-bond donors (Lipinski definition) is 0. The number of para-hydroxylation sites is 1. The largest absolute Gasteiger partial charge is 0.478 e. The van der Waals surface area contributed by atoms with E-state index >= 15 is 0 Å². The number of halogens is 1. The molecule has 6 heteroatoms. The molecule has 5 nitrogen and oxygen atoms in total. The molecule has 27 heavy (non-hydrogen) atoms. The average molecular weight is 430 g/mol. The van der Waals surface area contributed by atoms with E-state index in [1.54, 1.807) is 19.1 Å². The Bertz CT molecular complexity index is 1070. The second-order valence-corrected chi connectivity index (χ2v) is 7.74. The highest BCUT2D eigenvalue weighted by atomic mass is 79.9. The lowest BCUT2D eigenvalue weighted by atomic mass is 10.1. The van der Waals surface area contributed by atoms with Crippen molar-refractivity contribution < 1.29 is 13.9 Å². The van der Waals surface area contributed by atoms with Gasteiger partial charge >= 0.3 is 0 Å². The standard InChI is InChI=1S/C21H20BrNO4/c1-12(2)23-10-15-17(25-11-23)9-8-14-19(24)20(13(3)26-21(14)15)27-18-7-5-4-6-16(18)22/h4-9,12H,10-11H2,1-3H3. The van der Waals surface area contributed by atoms with Gasteiger partial charge in [0, 0.05) is 12.6 Å². The smallest absolute Gasteiger partial charge is 0.235 e. The van der Waals surface area contributed by atoms with Crippen LogP contribution in [0, 0.1) is 6.92 Å². The van der Waals surface area contributed by atoms with E-state index in [0.29, 0.717) is 41.8 Å². The van der Waals surface area contributed by atoms with Gasteiger partial charge < -0.3 is 13.9 Å². The second-order valence-electron chi connectivity index (χ2n) is 6.88. The summed E-state index contributed by atoms with van der Waals surface area (Å²) in [4.78, 5) is 15.3. The Hall–Kier alpha value is -2.31. The Kier molecular flexibility index (Phi) is 4.70. The van der Waals surface area contributed by atoms with E-state index in [1.165, 1.54) is 0 Å². The first-order valence-corrected chi connectivity index (χ1v) is 9.63. The van der Waals surface area contributed by atoms with Crippen molar-refractivity contribution in [1.29, 1.82) is 0 Å². The van der Waals surface area contributed by atoms with Gasteiger partial charge in [0.25, 0.3) is 0 Å². The number of ether oxygens (including phenoxy) is 2. The minimum atomic E-state index is -0.186. The molecular weight excluding hydrogens is 410 g/mol. The van der Waals surface area contributed by atoms with Crippen LogP contribution in [0.3, 0.4) is 0 Å². The summed E-state index contributed by atoms with van der Waals surface area (Å²) in [6, 6.07) is 11.3. The molecule has 0 saturated heterocycles. The summed E-state index contributed by atoms with van der Waals surface area (Å²) in [7, 11) is 0. The zero-order valence-electron chi connectivity index (χ0n) is 15.4. The summed E-state index contributed by atoms with van der Waals surface area (Å²) in [5.41, 5.74) is 1.29. The van der Waals surface area contributed by atoms with Gasteiger partial charge in [0.15, 0.2) is 0 Å². The summed E-state index contributed by atoms with van der Waals surface area (Å²) in [6.07, 6.45) is 0. The molecule has 4 rings (SSSR count). The third-order valence-electron chi connectivity index (χ3n) is 4.77. The molecule has 3 aromatic rings. The number of rotatable bonds is 3. The highest BCUT2D eigenvalue weighted by Gasteiger charge is 2.25. The van der Waals surface area contributed by atoms with Crippen LogP contribution in [0.4, 0.5) is 0 Å². The van der Waals surface area contributed by atoms with Gasteiger partial charge in [-0.1, -0.05) is 12.1 Å². The van der Waals surface area contributed by atoms with Gasteiger partial charge in [-0.05, 0) is 61.0 Å². The molecule has 0 radical (unpaired) electrons. The average Bonchev–Trinajstić information content (AvgIpc) is 2.65. The van der Waals surface area contributed by atoms with Crippen molar-refractivity contribution in [2.45, 2.75) is 33.4 Å². The summed E-state index contributed by atoms with van der Waals surface area (Å²) in [6.45, 7) is 7.19. The fraction of sp³-hybridized carbons (Fsp3) is 0.286. The van der Waals surface area contributed by atoms with E-state index in [0.717, 1.165) is 15.8 Å². The zero-order chi connectivity index (χ0) is 19.1. The van der Waals surface area contributed by atoms with Gasteiger partial charge in [-0.3, -0.25) is 9.69 Å². The SMILES string of the molecule is Cc1oc2c3c(ccc2c(=O)c1Oc1ccccc1Br)OCN(C(C)C)C3. The van der Waals surface area contributed by atoms with Crippen molar-refractivity contribution in [1.82, 2.24) is 4.90 Å². The van der Waals surface area contributed by atoms with E-state index in [2.05, 4.69) is 34.7 Å². The van der Waals surface area contributed by atoms with Gasteiger partial charge in [0.2, 0.25) is 11.2 Å². The van der Waals surface area contributed by atoms with Crippen molar-refractivity contribution >= 4 is 26.9 Å². The highest BCUT2D eigenvalue weighted by molar-refractivity contribution is 9.10. The van der Waals surface area contributed by atoms with E-state index in [9.17, 15) is 4.79 Å². The van der Waals surface area contributed by atoms with Crippen LogP contribution in [0.15, 0.2) is 50.1 Å². The van der Waals surface area contributed by atoms with Crippen molar-refractivity contribution in [2.75, 3.05) is 6.73 Å². The van der Waals surface area contributed by atoms with Crippen LogP contribution in [0.2, 0.25) is 0 Å². The molecule has 0 unspecified atom stereocenters. The lowest BCUT2D eigenvalue weighted by Gasteiger charge is -2.32. The van der Waals surface area contributed by atoms with Crippen LogP contribution in [-0.2, 0) is 6.54 Å². The third-order valence-corrected chi connectivity index (χ3v) is 5.42. The van der Waals surface area contributed by atoms with Gasteiger partial charge in [-0.25, -0.2) is 0 Å². The number of benzene rings is 2. The predicted octanol–water partition coefficient (Wildman–Crippen LogP) is 5.22. The molecule has 0 bridgehead atoms. The maximum atomic E-state index is 13.1. The van der Waals surface area contributed by atoms with E-state index in [-0.39, 0.29) is 11.2 Å². The minimum absolute atomic E-state index is 0.186. The Morgan fingerprint density at radius 2 is 1.96 bits per heavy atom. The van der Waals surface area contributed by atoms with E-state index in [4.69, 9.17) is 13.9 Å². The van der Waals surface area contributed by atoms with Crippen molar-refractivity contribution in [3.8, 4) is 17.2 Å². The zero-order valence-corrected chi connectivity index (χ0v) is 17.0. The van der Waals surface area contributed by atoms with Crippen LogP contribution in [0.25, 0.3) is 11.0 Å². The molecule has 0 fully saturated rings. The molecule has 0 amide bonds. The summed E-state index contributed by atoms with van der Waals surface area (Å²) < 4.78 is 18.6. The topological polar surface area (TPSA) is 51.9 Å². The molecular formula is C21H20BrNO4. The number of aryl methyl sites for hydroxylation is 1. The van der Waals surface area contributed by atoms with Crippen LogP contribution < -0.4 is 14.9 Å². The molecule has 0 atom stereocenters. The number of fused-ring (bicyclic) bond motifs is 3. The van der Waals surface area contributed by atoms with Gasteiger partial charge in [-0.2, -0.15) is 0 Å². The summed E-state index contributed by atoms with van der Waals surface area (Å²) in [5.74, 6) is 1.98. The Morgan fingerprint density at radius 3 is 2.70 bits per heavy atom. The quantitative estimate of drug-likeness (QED) is 0.571. The lowest BCUT2D eigenvalue weighted by Crippen LogP contribution is -2.37. The fourth-order valence-electron chi connectivity index (χ4n) is 3.16. The summed E-state index contributed by atoms with van der Waals surface area (Å²) >= 11 is 3.44. The Morgan fingerprint density at radius 1 is 1.19 bits per heavy atom. The van der Waals surface area contributed by atoms with Crippen molar-refractivity contribution in [3.05, 3.63) is 62.4 Å². The highest BCUT2D eigenvalue weighted by Crippen LogP contribution is 2.35. The second kappa shape index (κ2) is 7.02. The van der Waals surface area contributed by atoms with Crippen LogP contribution in [0.5, 0.6) is 17.2 Å².